The predicted octanol–water partition coefficient (Wildman–Crippen LogP) is 3.51. The molecule has 0 saturated heterocycles. The smallest absolute Gasteiger partial charge is 0.225 e. The summed E-state index contributed by atoms with van der Waals surface area (Å²) in [4.78, 5) is 24.9. The van der Waals surface area contributed by atoms with Crippen molar-refractivity contribution in [1.82, 2.24) is 19.5 Å². The van der Waals surface area contributed by atoms with Crippen LogP contribution in [0.25, 0.3) is 11.2 Å². The van der Waals surface area contributed by atoms with Crippen molar-refractivity contribution in [3.05, 3.63) is 35.0 Å². The van der Waals surface area contributed by atoms with Crippen LogP contribution in [0.5, 0.6) is 0 Å². The Kier molecular flexibility index (Phi) is 6.61. The lowest BCUT2D eigenvalue weighted by molar-refractivity contribution is -0.122. The topological polar surface area (TPSA) is 131 Å². The fourth-order valence-corrected chi connectivity index (χ4v) is 4.29. The SMILES string of the molecule is CC(CO)Nc1ncc2nc(Nc3c(F)cc(F)cc3Cl)n(C3CCC(C(N)=O)CC3)c2n1. The largest absolute Gasteiger partial charge is 0.394 e. The molecule has 1 saturated carbocycles. The van der Waals surface area contributed by atoms with Crippen LogP contribution < -0.4 is 16.4 Å². The van der Waals surface area contributed by atoms with Crippen molar-refractivity contribution >= 4 is 46.3 Å². The Morgan fingerprint density at radius 1 is 1.30 bits per heavy atom. The molecule has 4 rings (SSSR count). The maximum absolute atomic E-state index is 14.5. The van der Waals surface area contributed by atoms with Crippen molar-refractivity contribution in [1.29, 1.82) is 0 Å². The Labute approximate surface area is 193 Å². The van der Waals surface area contributed by atoms with Crippen LogP contribution >= 0.6 is 11.6 Å². The van der Waals surface area contributed by atoms with E-state index >= 15 is 0 Å². The first-order valence-corrected chi connectivity index (χ1v) is 11.0. The molecule has 0 aliphatic heterocycles. The minimum absolute atomic E-state index is 0.103. The number of imidazole rings is 1. The molecule has 1 atom stereocenters. The third kappa shape index (κ3) is 4.83. The number of nitrogens with two attached hydrogens (primary N) is 1. The number of nitrogens with zero attached hydrogens (tertiary/aromatic N) is 4. The van der Waals surface area contributed by atoms with Crippen LogP contribution in [-0.4, -0.2) is 43.2 Å². The van der Waals surface area contributed by atoms with Gasteiger partial charge in [0.2, 0.25) is 17.8 Å². The summed E-state index contributed by atoms with van der Waals surface area (Å²) in [6.07, 6.45) is 3.99. The van der Waals surface area contributed by atoms with Gasteiger partial charge in [-0.2, -0.15) is 4.98 Å². The zero-order chi connectivity index (χ0) is 23.7. The molecular formula is C21H24ClF2N7O2. The minimum atomic E-state index is -0.860. The molecule has 1 fully saturated rings. The van der Waals surface area contributed by atoms with E-state index in [0.717, 1.165) is 12.1 Å². The number of hydrogen-bond donors (Lipinski definition) is 4. The van der Waals surface area contributed by atoms with E-state index in [2.05, 4.69) is 25.6 Å². The number of aliphatic hydroxyl groups excluding tert-OH is 1. The third-order valence-corrected chi connectivity index (χ3v) is 6.09. The molecule has 1 amide bonds. The number of primary amides is 1. The van der Waals surface area contributed by atoms with Gasteiger partial charge in [-0.15, -0.1) is 0 Å². The minimum Gasteiger partial charge on any atom is -0.394 e. The molecule has 0 spiro atoms. The normalized spacial score (nSPS) is 19.4. The summed E-state index contributed by atoms with van der Waals surface area (Å²) in [7, 11) is 0. The summed E-state index contributed by atoms with van der Waals surface area (Å²) < 4.78 is 29.8. The second-order valence-corrected chi connectivity index (χ2v) is 8.62. The number of benzene rings is 1. The van der Waals surface area contributed by atoms with Crippen molar-refractivity contribution in [2.45, 2.75) is 44.7 Å². The van der Waals surface area contributed by atoms with Gasteiger partial charge < -0.3 is 21.5 Å². The van der Waals surface area contributed by atoms with Crippen LogP contribution in [0, 0.1) is 17.6 Å². The Hall–Kier alpha value is -3.05. The second kappa shape index (κ2) is 9.44. The van der Waals surface area contributed by atoms with Crippen LogP contribution in [0.15, 0.2) is 18.3 Å². The molecule has 176 valence electrons. The number of amides is 1. The molecule has 5 N–H and O–H groups in total. The summed E-state index contributed by atoms with van der Waals surface area (Å²) in [6, 6.07) is 1.37. The number of nitrogens with one attached hydrogen (secondary N) is 2. The molecule has 2 aromatic heterocycles. The van der Waals surface area contributed by atoms with E-state index in [1.807, 2.05) is 4.57 Å². The molecular weight excluding hydrogens is 456 g/mol. The average molecular weight is 480 g/mol. The summed E-state index contributed by atoms with van der Waals surface area (Å²) in [6.45, 7) is 1.68. The Morgan fingerprint density at radius 2 is 2.03 bits per heavy atom. The molecule has 1 unspecified atom stereocenters. The van der Waals surface area contributed by atoms with Crippen molar-refractivity contribution in [2.75, 3.05) is 17.2 Å². The zero-order valence-electron chi connectivity index (χ0n) is 17.9. The number of anilines is 3. The van der Waals surface area contributed by atoms with E-state index in [9.17, 15) is 18.7 Å². The predicted molar refractivity (Wildman–Crippen MR) is 120 cm³/mol. The monoisotopic (exact) mass is 479 g/mol. The molecule has 1 aromatic carbocycles. The highest BCUT2D eigenvalue weighted by Gasteiger charge is 2.29. The molecule has 33 heavy (non-hydrogen) atoms. The highest BCUT2D eigenvalue weighted by molar-refractivity contribution is 6.33. The first-order chi connectivity index (χ1) is 15.8. The van der Waals surface area contributed by atoms with Gasteiger partial charge in [0.15, 0.2) is 11.5 Å². The van der Waals surface area contributed by atoms with Crippen LogP contribution in [0.4, 0.5) is 26.4 Å². The Balaban J connectivity index is 1.77. The van der Waals surface area contributed by atoms with Gasteiger partial charge in [0.1, 0.15) is 11.3 Å². The molecule has 1 aliphatic rings. The van der Waals surface area contributed by atoms with Crippen LogP contribution in [0.3, 0.4) is 0 Å². The van der Waals surface area contributed by atoms with E-state index in [0.29, 0.717) is 42.8 Å². The molecule has 12 heteroatoms. The number of carbonyl (C=O) groups excluding carboxylic acids is 1. The van der Waals surface area contributed by atoms with Gasteiger partial charge in [0.05, 0.1) is 23.5 Å². The molecule has 0 bridgehead atoms. The standard InChI is InChI=1S/C21H24ClF2N7O2/c1-10(9-32)27-20-26-8-16-19(30-20)31(13-4-2-11(3-5-13)18(25)33)21(28-16)29-17-14(22)6-12(23)7-15(17)24/h6-8,10-11,13,32H,2-5,9H2,1H3,(H2,25,33)(H,28,29)(H,26,27,30). The van der Waals surface area contributed by atoms with Crippen LogP contribution in [-0.2, 0) is 4.79 Å². The quantitative estimate of drug-likeness (QED) is 0.407. The summed E-state index contributed by atoms with van der Waals surface area (Å²) in [5.74, 6) is -1.61. The molecule has 2 heterocycles. The number of hydrogen-bond acceptors (Lipinski definition) is 7. The van der Waals surface area contributed by atoms with Gasteiger partial charge in [-0.1, -0.05) is 11.6 Å². The fraction of sp³-hybridized carbons (Fsp3) is 0.429. The van der Waals surface area contributed by atoms with Crippen molar-refractivity contribution in [2.24, 2.45) is 11.7 Å². The average Bonchev–Trinajstić information content (AvgIpc) is 3.13. The van der Waals surface area contributed by atoms with Crippen LogP contribution in [0.2, 0.25) is 5.02 Å². The maximum Gasteiger partial charge on any atom is 0.225 e. The highest BCUT2D eigenvalue weighted by atomic mass is 35.5. The van der Waals surface area contributed by atoms with Gasteiger partial charge in [0.25, 0.3) is 0 Å². The van der Waals surface area contributed by atoms with Gasteiger partial charge >= 0.3 is 0 Å². The van der Waals surface area contributed by atoms with Gasteiger partial charge in [-0.3, -0.25) is 9.36 Å². The molecule has 1 aliphatic carbocycles. The van der Waals surface area contributed by atoms with Crippen molar-refractivity contribution < 1.29 is 18.7 Å². The van der Waals surface area contributed by atoms with Crippen molar-refractivity contribution in [3.63, 3.8) is 0 Å². The first-order valence-electron chi connectivity index (χ1n) is 10.6. The van der Waals surface area contributed by atoms with Gasteiger partial charge in [-0.05, 0) is 38.7 Å². The number of rotatable bonds is 7. The Bertz CT molecular complexity index is 1160. The van der Waals surface area contributed by atoms with E-state index in [1.54, 1.807) is 6.92 Å². The molecule has 9 nitrogen and oxygen atoms in total. The number of halogens is 3. The van der Waals surface area contributed by atoms with E-state index in [4.69, 9.17) is 17.3 Å². The maximum atomic E-state index is 14.5. The van der Waals surface area contributed by atoms with E-state index in [1.165, 1.54) is 6.20 Å². The molecule has 3 aromatic rings. The highest BCUT2D eigenvalue weighted by Crippen LogP contribution is 2.38. The summed E-state index contributed by atoms with van der Waals surface area (Å²) in [5.41, 5.74) is 6.30. The lowest BCUT2D eigenvalue weighted by Crippen LogP contribution is -2.29. The lowest BCUT2D eigenvalue weighted by Gasteiger charge is -2.29. The van der Waals surface area contributed by atoms with E-state index in [-0.39, 0.29) is 47.2 Å². The summed E-state index contributed by atoms with van der Waals surface area (Å²) in [5, 5.41) is 15.1. The third-order valence-electron chi connectivity index (χ3n) is 5.79. The molecule has 0 radical (unpaired) electrons. The van der Waals surface area contributed by atoms with Gasteiger partial charge in [-0.25, -0.2) is 18.7 Å². The number of aromatic nitrogens is 4. The van der Waals surface area contributed by atoms with E-state index < -0.39 is 11.6 Å². The first kappa shape index (κ1) is 23.1. The number of fused-ring (bicyclic) bond motifs is 1. The number of carbonyl (C=O) groups is 1. The second-order valence-electron chi connectivity index (χ2n) is 8.21. The lowest BCUT2D eigenvalue weighted by atomic mass is 9.85. The zero-order valence-corrected chi connectivity index (χ0v) is 18.6. The summed E-state index contributed by atoms with van der Waals surface area (Å²) >= 11 is 6.08. The van der Waals surface area contributed by atoms with Crippen LogP contribution in [0.1, 0.15) is 38.6 Å². The van der Waals surface area contributed by atoms with Gasteiger partial charge in [0, 0.05) is 24.1 Å². The Morgan fingerprint density at radius 3 is 2.67 bits per heavy atom. The van der Waals surface area contributed by atoms with Crippen molar-refractivity contribution in [3.8, 4) is 0 Å². The fourth-order valence-electron chi connectivity index (χ4n) is 4.05. The number of aliphatic hydroxyl groups is 1.